The van der Waals surface area contributed by atoms with Crippen molar-refractivity contribution >= 4 is 5.91 Å². The maximum absolute atomic E-state index is 12.5. The summed E-state index contributed by atoms with van der Waals surface area (Å²) < 4.78 is 5.82. The molecule has 1 aromatic heterocycles. The van der Waals surface area contributed by atoms with Gasteiger partial charge in [0.05, 0.1) is 12.3 Å². The first-order chi connectivity index (χ1) is 14.2. The zero-order valence-corrected chi connectivity index (χ0v) is 16.2. The molecule has 3 N–H and O–H groups in total. The van der Waals surface area contributed by atoms with E-state index < -0.39 is 6.10 Å². The van der Waals surface area contributed by atoms with Crippen LogP contribution in [0.1, 0.15) is 34.9 Å². The van der Waals surface area contributed by atoms with Crippen molar-refractivity contribution < 1.29 is 14.6 Å². The number of aryl methyl sites for hydroxylation is 1. The van der Waals surface area contributed by atoms with Gasteiger partial charge in [0.15, 0.2) is 0 Å². The first-order valence-corrected chi connectivity index (χ1v) is 9.92. The molecule has 4 rings (SSSR count). The number of H-pyrrole nitrogens is 1. The van der Waals surface area contributed by atoms with Gasteiger partial charge in [-0.25, -0.2) is 0 Å². The van der Waals surface area contributed by atoms with E-state index in [2.05, 4.69) is 15.5 Å². The Morgan fingerprint density at radius 2 is 2.10 bits per heavy atom. The van der Waals surface area contributed by atoms with Gasteiger partial charge in [-0.3, -0.25) is 9.89 Å². The molecule has 0 saturated carbocycles. The van der Waals surface area contributed by atoms with E-state index in [9.17, 15) is 9.90 Å². The summed E-state index contributed by atoms with van der Waals surface area (Å²) in [6.45, 7) is 0.641. The van der Waals surface area contributed by atoms with Gasteiger partial charge in [-0.15, -0.1) is 0 Å². The summed E-state index contributed by atoms with van der Waals surface area (Å²) in [4.78, 5) is 12.5. The number of nitrogens with zero attached hydrogens (tertiary/aromatic N) is 1. The van der Waals surface area contributed by atoms with Gasteiger partial charge in [0, 0.05) is 24.6 Å². The van der Waals surface area contributed by atoms with Gasteiger partial charge in [-0.1, -0.05) is 42.5 Å². The minimum absolute atomic E-state index is 0.0271. The number of hydrogen-bond acceptors (Lipinski definition) is 4. The van der Waals surface area contributed by atoms with E-state index in [-0.39, 0.29) is 18.4 Å². The number of aliphatic hydroxyl groups is 1. The number of hydrogen-bond donors (Lipinski definition) is 3. The molecule has 1 amide bonds. The van der Waals surface area contributed by atoms with Crippen molar-refractivity contribution in [2.45, 2.75) is 32.0 Å². The van der Waals surface area contributed by atoms with Crippen LogP contribution in [-0.2, 0) is 24.2 Å². The maximum atomic E-state index is 12.5. The summed E-state index contributed by atoms with van der Waals surface area (Å²) in [5, 5.41) is 20.4. The zero-order chi connectivity index (χ0) is 20.1. The highest BCUT2D eigenvalue weighted by Gasteiger charge is 2.26. The fraction of sp³-hybridized carbons (Fsp3) is 0.304. The predicted octanol–water partition coefficient (Wildman–Crippen LogP) is 2.94. The number of amides is 1. The number of aromatic nitrogens is 2. The lowest BCUT2D eigenvalue weighted by molar-refractivity contribution is -0.125. The Morgan fingerprint density at radius 1 is 1.24 bits per heavy atom. The Hall–Kier alpha value is -3.12. The Labute approximate surface area is 169 Å². The third-order valence-electron chi connectivity index (χ3n) is 5.35. The Bertz CT molecular complexity index is 955. The number of ether oxygens (including phenoxy) is 1. The fourth-order valence-corrected chi connectivity index (χ4v) is 3.64. The molecule has 0 aliphatic heterocycles. The molecule has 0 saturated heterocycles. The number of rotatable bonds is 7. The summed E-state index contributed by atoms with van der Waals surface area (Å²) in [6, 6.07) is 17.3. The number of carbonyl (C=O) groups excluding carboxylic acids is 1. The molecule has 1 aliphatic carbocycles. The first kappa shape index (κ1) is 19.2. The lowest BCUT2D eigenvalue weighted by atomic mass is 9.87. The summed E-state index contributed by atoms with van der Waals surface area (Å²) in [5.74, 6) is 0.576. The van der Waals surface area contributed by atoms with Crippen LogP contribution in [-0.4, -0.2) is 27.8 Å². The molecule has 0 spiro atoms. The van der Waals surface area contributed by atoms with E-state index in [0.29, 0.717) is 18.8 Å². The number of aliphatic hydroxyl groups excluding tert-OH is 1. The van der Waals surface area contributed by atoms with Crippen LogP contribution >= 0.6 is 0 Å². The SMILES string of the molecule is O=C(NCC(O)c1cccc(OCc2ccccc2)c1)C1CCc2cn[nH]c2C1. The minimum atomic E-state index is -0.787. The number of fused-ring (bicyclic) bond motifs is 1. The van der Waals surface area contributed by atoms with E-state index in [0.717, 1.165) is 29.7 Å². The van der Waals surface area contributed by atoms with Gasteiger partial charge in [-0.2, -0.15) is 5.10 Å². The smallest absolute Gasteiger partial charge is 0.223 e. The topological polar surface area (TPSA) is 87.2 Å². The molecule has 2 atom stereocenters. The zero-order valence-electron chi connectivity index (χ0n) is 16.2. The number of aromatic amines is 1. The molecule has 0 bridgehead atoms. The molecule has 2 aromatic carbocycles. The second kappa shape index (κ2) is 8.92. The van der Waals surface area contributed by atoms with Crippen molar-refractivity contribution in [3.05, 3.63) is 83.2 Å². The van der Waals surface area contributed by atoms with Crippen LogP contribution < -0.4 is 10.1 Å². The van der Waals surface area contributed by atoms with Crippen LogP contribution in [0, 0.1) is 5.92 Å². The number of carbonyl (C=O) groups is 1. The van der Waals surface area contributed by atoms with Crippen molar-refractivity contribution in [2.75, 3.05) is 6.54 Å². The lowest BCUT2D eigenvalue weighted by Gasteiger charge is -2.22. The average molecular weight is 391 g/mol. The monoisotopic (exact) mass is 391 g/mol. The summed E-state index contributed by atoms with van der Waals surface area (Å²) in [6.07, 6.45) is 3.37. The van der Waals surface area contributed by atoms with E-state index in [1.807, 2.05) is 60.8 Å². The summed E-state index contributed by atoms with van der Waals surface area (Å²) >= 11 is 0. The molecular formula is C23H25N3O3. The second-order valence-electron chi connectivity index (χ2n) is 7.42. The van der Waals surface area contributed by atoms with Crippen LogP contribution in [0.5, 0.6) is 5.75 Å². The normalized spacial score (nSPS) is 16.7. The molecule has 0 fully saturated rings. The predicted molar refractivity (Wildman–Crippen MR) is 109 cm³/mol. The molecule has 1 heterocycles. The largest absolute Gasteiger partial charge is 0.489 e. The van der Waals surface area contributed by atoms with Gasteiger partial charge in [0.1, 0.15) is 12.4 Å². The molecule has 29 heavy (non-hydrogen) atoms. The first-order valence-electron chi connectivity index (χ1n) is 9.92. The summed E-state index contributed by atoms with van der Waals surface area (Å²) in [5.41, 5.74) is 4.04. The molecule has 150 valence electrons. The summed E-state index contributed by atoms with van der Waals surface area (Å²) in [7, 11) is 0. The number of nitrogens with one attached hydrogen (secondary N) is 2. The fourth-order valence-electron chi connectivity index (χ4n) is 3.64. The molecule has 3 aromatic rings. The van der Waals surface area contributed by atoms with Crippen LogP contribution in [0.15, 0.2) is 60.8 Å². The van der Waals surface area contributed by atoms with Crippen LogP contribution in [0.25, 0.3) is 0 Å². The highest BCUT2D eigenvalue weighted by Crippen LogP contribution is 2.24. The Morgan fingerprint density at radius 3 is 2.97 bits per heavy atom. The average Bonchev–Trinajstić information content (AvgIpc) is 3.24. The highest BCUT2D eigenvalue weighted by atomic mass is 16.5. The Kier molecular flexibility index (Phi) is 5.91. The van der Waals surface area contributed by atoms with Crippen molar-refractivity contribution in [1.82, 2.24) is 15.5 Å². The third kappa shape index (κ3) is 4.84. The van der Waals surface area contributed by atoms with Crippen molar-refractivity contribution in [3.8, 4) is 5.75 Å². The van der Waals surface area contributed by atoms with Gasteiger partial charge in [0.25, 0.3) is 0 Å². The maximum Gasteiger partial charge on any atom is 0.223 e. The van der Waals surface area contributed by atoms with Gasteiger partial charge in [-0.05, 0) is 41.7 Å². The lowest BCUT2D eigenvalue weighted by Crippen LogP contribution is -2.36. The van der Waals surface area contributed by atoms with Crippen LogP contribution in [0.3, 0.4) is 0 Å². The molecule has 1 aliphatic rings. The standard InChI is InChI=1S/C23H25N3O3/c27-22(14-24-23(28)18-9-10-19-13-25-26-21(19)12-18)17-7-4-8-20(11-17)29-15-16-5-2-1-3-6-16/h1-8,11,13,18,22,27H,9-10,12,14-15H2,(H,24,28)(H,25,26). The van der Waals surface area contributed by atoms with E-state index >= 15 is 0 Å². The number of benzene rings is 2. The highest BCUT2D eigenvalue weighted by molar-refractivity contribution is 5.79. The molecule has 2 unspecified atom stereocenters. The van der Waals surface area contributed by atoms with Crippen molar-refractivity contribution in [3.63, 3.8) is 0 Å². The van der Waals surface area contributed by atoms with Gasteiger partial charge >= 0.3 is 0 Å². The molecule has 6 nitrogen and oxygen atoms in total. The van der Waals surface area contributed by atoms with Crippen molar-refractivity contribution in [2.24, 2.45) is 5.92 Å². The van der Waals surface area contributed by atoms with E-state index in [1.165, 1.54) is 5.56 Å². The molecule has 6 heteroatoms. The van der Waals surface area contributed by atoms with Crippen molar-refractivity contribution in [1.29, 1.82) is 0 Å². The second-order valence-corrected chi connectivity index (χ2v) is 7.42. The quantitative estimate of drug-likeness (QED) is 0.578. The van der Waals surface area contributed by atoms with Crippen LogP contribution in [0.4, 0.5) is 0 Å². The minimum Gasteiger partial charge on any atom is -0.489 e. The van der Waals surface area contributed by atoms with Crippen LogP contribution in [0.2, 0.25) is 0 Å². The molecular weight excluding hydrogens is 366 g/mol. The van der Waals surface area contributed by atoms with E-state index in [4.69, 9.17) is 4.74 Å². The van der Waals surface area contributed by atoms with Gasteiger partial charge in [0.2, 0.25) is 5.91 Å². The molecule has 0 radical (unpaired) electrons. The van der Waals surface area contributed by atoms with E-state index in [1.54, 1.807) is 0 Å². The third-order valence-corrected chi connectivity index (χ3v) is 5.35. The Balaban J connectivity index is 1.29. The van der Waals surface area contributed by atoms with Gasteiger partial charge < -0.3 is 15.2 Å².